The third-order valence-corrected chi connectivity index (χ3v) is 5.32. The van der Waals surface area contributed by atoms with Crippen LogP contribution in [0.5, 0.6) is 0 Å². The highest BCUT2D eigenvalue weighted by Crippen LogP contribution is 2.31. The van der Waals surface area contributed by atoms with Crippen LogP contribution in [0.1, 0.15) is 10.6 Å². The van der Waals surface area contributed by atoms with Crippen molar-refractivity contribution in [1.82, 2.24) is 0 Å². The average Bonchev–Trinajstić information content (AvgIpc) is 2.81. The number of hydrogen-bond acceptors (Lipinski definition) is 4. The predicted molar refractivity (Wildman–Crippen MR) is 75.4 cm³/mol. The van der Waals surface area contributed by atoms with Gasteiger partial charge in [-0.05, 0) is 28.1 Å². The molecule has 9 heteroatoms. The second-order valence-electron chi connectivity index (χ2n) is 3.98. The maximum atomic E-state index is 13.7. The summed E-state index contributed by atoms with van der Waals surface area (Å²) in [7, 11) is -3.01. The first-order valence-corrected chi connectivity index (χ1v) is 7.74. The van der Waals surface area contributed by atoms with Crippen LogP contribution in [0, 0.1) is 5.82 Å². The normalized spacial score (nSPS) is 11.4. The molecular weight excluding hydrogens is 369 g/mol. The zero-order chi connectivity index (χ0) is 15.8. The van der Waals surface area contributed by atoms with E-state index in [4.69, 9.17) is 9.52 Å². The van der Waals surface area contributed by atoms with Crippen molar-refractivity contribution in [3.05, 3.63) is 46.6 Å². The second-order valence-corrected chi connectivity index (χ2v) is 6.64. The van der Waals surface area contributed by atoms with Gasteiger partial charge in [0.1, 0.15) is 10.7 Å². The highest BCUT2D eigenvalue weighted by atomic mass is 79.9. The Bertz CT molecular complexity index is 802. The van der Waals surface area contributed by atoms with Crippen LogP contribution in [0.2, 0.25) is 0 Å². The Morgan fingerprint density at radius 1 is 1.38 bits per heavy atom. The van der Waals surface area contributed by atoms with E-state index in [1.165, 1.54) is 18.2 Å². The molecule has 0 unspecified atom stereocenters. The number of sulfonamides is 1. The van der Waals surface area contributed by atoms with Gasteiger partial charge in [0.25, 0.3) is 10.0 Å². The molecule has 0 bridgehead atoms. The zero-order valence-electron chi connectivity index (χ0n) is 10.6. The van der Waals surface area contributed by atoms with Gasteiger partial charge in [-0.2, -0.15) is 0 Å². The Labute approximate surface area is 128 Å². The molecule has 0 amide bonds. The monoisotopic (exact) mass is 377 g/mol. The van der Waals surface area contributed by atoms with Crippen LogP contribution in [0.4, 0.5) is 10.1 Å². The van der Waals surface area contributed by atoms with Gasteiger partial charge >= 0.3 is 5.97 Å². The second kappa shape index (κ2) is 5.49. The Morgan fingerprint density at radius 3 is 2.52 bits per heavy atom. The van der Waals surface area contributed by atoms with Crippen LogP contribution in [0.15, 0.2) is 44.3 Å². The van der Waals surface area contributed by atoms with Crippen LogP contribution in [-0.4, -0.2) is 26.5 Å². The van der Waals surface area contributed by atoms with Gasteiger partial charge in [-0.15, -0.1) is 0 Å². The van der Waals surface area contributed by atoms with E-state index in [2.05, 4.69) is 15.9 Å². The molecule has 2 aromatic rings. The fraction of sp³-hybridized carbons (Fsp3) is 0.0833. The largest absolute Gasteiger partial charge is 0.475 e. The van der Waals surface area contributed by atoms with E-state index < -0.39 is 32.5 Å². The van der Waals surface area contributed by atoms with E-state index in [1.807, 2.05) is 0 Å². The Hall–Kier alpha value is -1.87. The lowest BCUT2D eigenvalue weighted by Crippen LogP contribution is -2.27. The number of rotatable bonds is 4. The lowest BCUT2D eigenvalue weighted by atomic mass is 10.3. The van der Waals surface area contributed by atoms with Crippen molar-refractivity contribution < 1.29 is 27.1 Å². The first-order valence-electron chi connectivity index (χ1n) is 5.51. The fourth-order valence-electron chi connectivity index (χ4n) is 1.62. The Balaban J connectivity index is 2.52. The molecule has 1 heterocycles. The van der Waals surface area contributed by atoms with Crippen LogP contribution in [0.3, 0.4) is 0 Å². The average molecular weight is 378 g/mol. The minimum Gasteiger partial charge on any atom is -0.475 e. The maximum absolute atomic E-state index is 13.7. The third kappa shape index (κ3) is 2.79. The molecule has 6 nitrogen and oxygen atoms in total. The number of carboxylic acid groups (broad SMARTS) is 1. The molecule has 112 valence electrons. The first-order chi connectivity index (χ1) is 9.75. The first kappa shape index (κ1) is 15.5. The predicted octanol–water partition coefficient (Wildman–Crippen LogP) is 2.70. The summed E-state index contributed by atoms with van der Waals surface area (Å²) in [6.07, 6.45) is 0. The SMILES string of the molecule is CN(c1ccccc1F)S(=O)(=O)c1cc(C(=O)O)oc1Br. The van der Waals surface area contributed by atoms with Gasteiger partial charge in [0.2, 0.25) is 5.76 Å². The molecule has 0 saturated heterocycles. The smallest absolute Gasteiger partial charge is 0.371 e. The fourth-order valence-corrected chi connectivity index (χ4v) is 3.72. The standard InChI is InChI=1S/C12H9BrFNO5S/c1-15(8-5-3-2-4-7(8)14)21(18,19)10-6-9(12(16)17)20-11(10)13/h2-6H,1H3,(H,16,17). The van der Waals surface area contributed by atoms with Crippen LogP contribution in [0.25, 0.3) is 0 Å². The lowest BCUT2D eigenvalue weighted by Gasteiger charge is -2.19. The van der Waals surface area contributed by atoms with Crippen LogP contribution >= 0.6 is 15.9 Å². The molecule has 1 aromatic carbocycles. The summed E-state index contributed by atoms with van der Waals surface area (Å²) in [6.45, 7) is 0. The van der Waals surface area contributed by atoms with E-state index in [-0.39, 0.29) is 10.4 Å². The molecular formula is C12H9BrFNO5S. The highest BCUT2D eigenvalue weighted by molar-refractivity contribution is 9.10. The summed E-state index contributed by atoms with van der Waals surface area (Å²) in [5, 5.41) is 8.81. The topological polar surface area (TPSA) is 87.8 Å². The number of halogens is 2. The van der Waals surface area contributed by atoms with Crippen molar-refractivity contribution in [2.24, 2.45) is 0 Å². The summed E-state index contributed by atoms with van der Waals surface area (Å²) in [5.41, 5.74) is -0.164. The summed E-state index contributed by atoms with van der Waals surface area (Å²) in [5.74, 6) is -2.67. The number of carbonyl (C=O) groups is 1. The van der Waals surface area contributed by atoms with Crippen molar-refractivity contribution in [3.63, 3.8) is 0 Å². The molecule has 0 aliphatic heterocycles. The van der Waals surface area contributed by atoms with Gasteiger partial charge in [0.15, 0.2) is 4.67 Å². The molecule has 2 rings (SSSR count). The summed E-state index contributed by atoms with van der Waals surface area (Å²) in [4.78, 5) is 10.4. The van der Waals surface area contributed by atoms with E-state index in [1.54, 1.807) is 0 Å². The van der Waals surface area contributed by atoms with E-state index in [9.17, 15) is 17.6 Å². The molecule has 1 aromatic heterocycles. The van der Waals surface area contributed by atoms with Crippen molar-refractivity contribution in [1.29, 1.82) is 0 Å². The van der Waals surface area contributed by atoms with Gasteiger partial charge in [-0.25, -0.2) is 17.6 Å². The van der Waals surface area contributed by atoms with Crippen molar-refractivity contribution in [2.75, 3.05) is 11.4 Å². The minimum absolute atomic E-state index is 0.164. The number of para-hydroxylation sites is 1. The van der Waals surface area contributed by atoms with Crippen molar-refractivity contribution in [2.45, 2.75) is 4.90 Å². The van der Waals surface area contributed by atoms with Crippen LogP contribution in [-0.2, 0) is 10.0 Å². The number of nitrogens with zero attached hydrogens (tertiary/aromatic N) is 1. The summed E-state index contributed by atoms with van der Waals surface area (Å²) in [6, 6.07) is 6.18. The molecule has 0 aliphatic rings. The van der Waals surface area contributed by atoms with Crippen molar-refractivity contribution in [3.8, 4) is 0 Å². The number of benzene rings is 1. The van der Waals surface area contributed by atoms with Gasteiger partial charge in [-0.3, -0.25) is 4.31 Å². The molecule has 0 fully saturated rings. The van der Waals surface area contributed by atoms with E-state index >= 15 is 0 Å². The summed E-state index contributed by atoms with van der Waals surface area (Å²) < 4.78 is 43.8. The molecule has 21 heavy (non-hydrogen) atoms. The Kier molecular flexibility index (Phi) is 4.06. The quantitative estimate of drug-likeness (QED) is 0.884. The maximum Gasteiger partial charge on any atom is 0.371 e. The van der Waals surface area contributed by atoms with Gasteiger partial charge in [0, 0.05) is 13.1 Å². The molecule has 0 radical (unpaired) electrons. The van der Waals surface area contributed by atoms with E-state index in [0.29, 0.717) is 4.31 Å². The highest BCUT2D eigenvalue weighted by Gasteiger charge is 2.30. The number of carboxylic acids is 1. The lowest BCUT2D eigenvalue weighted by molar-refractivity contribution is 0.0661. The van der Waals surface area contributed by atoms with Gasteiger partial charge < -0.3 is 9.52 Å². The number of hydrogen-bond donors (Lipinski definition) is 1. The molecule has 0 atom stereocenters. The summed E-state index contributed by atoms with van der Waals surface area (Å²) >= 11 is 2.85. The number of furan rings is 1. The Morgan fingerprint density at radius 2 is 2.00 bits per heavy atom. The minimum atomic E-state index is -4.17. The number of anilines is 1. The molecule has 0 aliphatic carbocycles. The molecule has 1 N–H and O–H groups in total. The molecule has 0 spiro atoms. The van der Waals surface area contributed by atoms with Gasteiger partial charge in [-0.1, -0.05) is 12.1 Å². The van der Waals surface area contributed by atoms with Crippen molar-refractivity contribution >= 4 is 37.6 Å². The van der Waals surface area contributed by atoms with Crippen LogP contribution < -0.4 is 4.31 Å². The molecule has 0 saturated carbocycles. The van der Waals surface area contributed by atoms with E-state index in [0.717, 1.165) is 19.2 Å². The van der Waals surface area contributed by atoms with Gasteiger partial charge in [0.05, 0.1) is 5.69 Å². The zero-order valence-corrected chi connectivity index (χ0v) is 13.0. The number of aromatic carboxylic acids is 1. The third-order valence-electron chi connectivity index (χ3n) is 2.70.